The molecule has 1 aliphatic heterocycles. The Morgan fingerprint density at radius 1 is 1.24 bits per heavy atom. The van der Waals surface area contributed by atoms with E-state index in [1.807, 2.05) is 37.0 Å². The molecule has 1 aliphatic rings. The van der Waals surface area contributed by atoms with Gasteiger partial charge < -0.3 is 4.90 Å². The highest BCUT2D eigenvalue weighted by Crippen LogP contribution is 2.23. The molecule has 0 radical (unpaired) electrons. The van der Waals surface area contributed by atoms with Crippen LogP contribution >= 0.6 is 0 Å². The number of hydrogen-bond acceptors (Lipinski definition) is 5. The van der Waals surface area contributed by atoms with Gasteiger partial charge in [0.15, 0.2) is 5.69 Å². The minimum atomic E-state index is -0.0439. The highest BCUT2D eigenvalue weighted by Gasteiger charge is 2.24. The second kappa shape index (κ2) is 8.69. The van der Waals surface area contributed by atoms with Crippen molar-refractivity contribution in [3.05, 3.63) is 54.0 Å². The SMILES string of the molecule is CCN(CC)C(=O)c1cn([C@@H]2CCCN(Cc3ccc4cccnc4c3)C2)nn1. The zero-order valence-electron chi connectivity index (χ0n) is 17.2. The number of carbonyl (C=O) groups excluding carboxylic acids is 1. The molecule has 3 aromatic rings. The first-order valence-electron chi connectivity index (χ1n) is 10.4. The van der Waals surface area contributed by atoms with E-state index < -0.39 is 0 Å². The van der Waals surface area contributed by atoms with E-state index in [0.29, 0.717) is 18.8 Å². The normalized spacial score (nSPS) is 17.5. The molecule has 1 atom stereocenters. The summed E-state index contributed by atoms with van der Waals surface area (Å²) in [5.74, 6) is -0.0439. The van der Waals surface area contributed by atoms with Crippen molar-refractivity contribution >= 4 is 16.8 Å². The molecule has 0 N–H and O–H groups in total. The molecule has 0 unspecified atom stereocenters. The maximum absolute atomic E-state index is 12.5. The number of aromatic nitrogens is 4. The van der Waals surface area contributed by atoms with Crippen LogP contribution in [0.25, 0.3) is 10.9 Å². The minimum Gasteiger partial charge on any atom is -0.338 e. The zero-order valence-corrected chi connectivity index (χ0v) is 17.2. The number of likely N-dealkylation sites (tertiary alicyclic amines) is 1. The van der Waals surface area contributed by atoms with E-state index in [1.54, 1.807) is 4.90 Å². The predicted octanol–water partition coefficient (Wildman–Crippen LogP) is 3.15. The van der Waals surface area contributed by atoms with Gasteiger partial charge in [-0.15, -0.1) is 5.10 Å². The summed E-state index contributed by atoms with van der Waals surface area (Å²) in [5, 5.41) is 9.59. The maximum Gasteiger partial charge on any atom is 0.276 e. The largest absolute Gasteiger partial charge is 0.338 e. The Hall–Kier alpha value is -2.80. The van der Waals surface area contributed by atoms with E-state index >= 15 is 0 Å². The smallest absolute Gasteiger partial charge is 0.276 e. The van der Waals surface area contributed by atoms with Crippen LogP contribution in [0, 0.1) is 0 Å². The van der Waals surface area contributed by atoms with Crippen molar-refractivity contribution in [1.29, 1.82) is 0 Å². The number of benzene rings is 1. The molecule has 0 aliphatic carbocycles. The molecule has 29 heavy (non-hydrogen) atoms. The van der Waals surface area contributed by atoms with E-state index in [1.165, 1.54) is 10.9 Å². The average Bonchev–Trinajstić information content (AvgIpc) is 3.25. The van der Waals surface area contributed by atoms with Gasteiger partial charge in [-0.25, -0.2) is 4.68 Å². The van der Waals surface area contributed by atoms with Crippen molar-refractivity contribution in [3.63, 3.8) is 0 Å². The molecular weight excluding hydrogens is 364 g/mol. The molecule has 0 saturated carbocycles. The first kappa shape index (κ1) is 19.5. The van der Waals surface area contributed by atoms with E-state index in [2.05, 4.69) is 44.5 Å². The van der Waals surface area contributed by atoms with Gasteiger partial charge in [0, 0.05) is 37.8 Å². The lowest BCUT2D eigenvalue weighted by molar-refractivity contribution is 0.0767. The summed E-state index contributed by atoms with van der Waals surface area (Å²) >= 11 is 0. The molecule has 7 heteroatoms. The number of rotatable bonds is 6. The monoisotopic (exact) mass is 392 g/mol. The van der Waals surface area contributed by atoms with Crippen molar-refractivity contribution in [2.45, 2.75) is 39.3 Å². The standard InChI is InChI=1S/C22H28N6O/c1-3-27(4-2)22(29)21-16-28(25-24-21)19-8-6-12-26(15-19)14-17-9-10-18-7-5-11-23-20(18)13-17/h5,7,9-11,13,16,19H,3-4,6,8,12,14-15H2,1-2H3/t19-/m1/s1. The van der Waals surface area contributed by atoms with E-state index in [-0.39, 0.29) is 11.9 Å². The van der Waals surface area contributed by atoms with Gasteiger partial charge in [0.2, 0.25) is 0 Å². The summed E-state index contributed by atoms with van der Waals surface area (Å²) in [6.07, 6.45) is 5.81. The Bertz CT molecular complexity index is 980. The van der Waals surface area contributed by atoms with Crippen LogP contribution in [0.4, 0.5) is 0 Å². The van der Waals surface area contributed by atoms with Crippen LogP contribution in [0.5, 0.6) is 0 Å². The van der Waals surface area contributed by atoms with Gasteiger partial charge in [0.05, 0.1) is 17.8 Å². The van der Waals surface area contributed by atoms with Gasteiger partial charge in [-0.05, 0) is 50.9 Å². The first-order valence-corrected chi connectivity index (χ1v) is 10.4. The van der Waals surface area contributed by atoms with Crippen molar-refractivity contribution in [2.75, 3.05) is 26.2 Å². The Morgan fingerprint density at radius 2 is 2.10 bits per heavy atom. The Kier molecular flexibility index (Phi) is 5.85. The molecule has 2 aromatic heterocycles. The van der Waals surface area contributed by atoms with Crippen LogP contribution in [0.3, 0.4) is 0 Å². The predicted molar refractivity (Wildman–Crippen MR) is 113 cm³/mol. The van der Waals surface area contributed by atoms with Crippen molar-refractivity contribution < 1.29 is 4.79 Å². The second-order valence-corrected chi connectivity index (χ2v) is 7.62. The quantitative estimate of drug-likeness (QED) is 0.645. The number of pyridine rings is 1. The zero-order chi connectivity index (χ0) is 20.2. The number of nitrogens with zero attached hydrogens (tertiary/aromatic N) is 6. The van der Waals surface area contributed by atoms with E-state index in [0.717, 1.165) is 38.0 Å². The van der Waals surface area contributed by atoms with Gasteiger partial charge in [0.1, 0.15) is 0 Å². The fourth-order valence-corrected chi connectivity index (χ4v) is 4.09. The van der Waals surface area contributed by atoms with Crippen LogP contribution in [0.2, 0.25) is 0 Å². The third-order valence-corrected chi connectivity index (χ3v) is 5.71. The molecule has 1 amide bonds. The lowest BCUT2D eigenvalue weighted by atomic mass is 10.0. The lowest BCUT2D eigenvalue weighted by Gasteiger charge is -2.32. The summed E-state index contributed by atoms with van der Waals surface area (Å²) in [6, 6.07) is 10.8. The summed E-state index contributed by atoms with van der Waals surface area (Å²) in [5.41, 5.74) is 2.74. The summed E-state index contributed by atoms with van der Waals surface area (Å²) in [7, 11) is 0. The molecule has 1 aromatic carbocycles. The molecule has 1 fully saturated rings. The Balaban J connectivity index is 1.43. The summed E-state index contributed by atoms with van der Waals surface area (Å²) < 4.78 is 1.88. The first-order chi connectivity index (χ1) is 14.2. The van der Waals surface area contributed by atoms with Crippen molar-refractivity contribution in [3.8, 4) is 0 Å². The van der Waals surface area contributed by atoms with Crippen molar-refractivity contribution in [2.24, 2.45) is 0 Å². The maximum atomic E-state index is 12.5. The number of piperidine rings is 1. The average molecular weight is 393 g/mol. The van der Waals surface area contributed by atoms with Gasteiger partial charge in [-0.1, -0.05) is 23.4 Å². The molecular formula is C22H28N6O. The van der Waals surface area contributed by atoms with Crippen LogP contribution < -0.4 is 0 Å². The van der Waals surface area contributed by atoms with Crippen LogP contribution in [-0.2, 0) is 6.54 Å². The Labute approximate surface area is 171 Å². The Morgan fingerprint density at radius 3 is 2.93 bits per heavy atom. The molecule has 1 saturated heterocycles. The molecule has 4 rings (SSSR count). The fourth-order valence-electron chi connectivity index (χ4n) is 4.09. The molecule has 3 heterocycles. The highest BCUT2D eigenvalue weighted by molar-refractivity contribution is 5.91. The number of amides is 1. The minimum absolute atomic E-state index is 0.0439. The van der Waals surface area contributed by atoms with Gasteiger partial charge >= 0.3 is 0 Å². The van der Waals surface area contributed by atoms with Crippen LogP contribution in [0.15, 0.2) is 42.7 Å². The molecule has 0 spiro atoms. The second-order valence-electron chi connectivity index (χ2n) is 7.62. The lowest BCUT2D eigenvalue weighted by Crippen LogP contribution is -2.36. The van der Waals surface area contributed by atoms with Gasteiger partial charge in [0.25, 0.3) is 5.91 Å². The summed E-state index contributed by atoms with van der Waals surface area (Å²) in [6.45, 7) is 8.18. The van der Waals surface area contributed by atoms with Gasteiger partial charge in [-0.2, -0.15) is 0 Å². The molecule has 0 bridgehead atoms. The van der Waals surface area contributed by atoms with Crippen LogP contribution in [0.1, 0.15) is 48.8 Å². The van der Waals surface area contributed by atoms with Crippen LogP contribution in [-0.4, -0.2) is 61.9 Å². The number of hydrogen-bond donors (Lipinski definition) is 0. The summed E-state index contributed by atoms with van der Waals surface area (Å²) in [4.78, 5) is 21.2. The fraction of sp³-hybridized carbons (Fsp3) is 0.455. The van der Waals surface area contributed by atoms with Gasteiger partial charge in [-0.3, -0.25) is 14.7 Å². The van der Waals surface area contributed by atoms with E-state index in [4.69, 9.17) is 0 Å². The molecule has 7 nitrogen and oxygen atoms in total. The topological polar surface area (TPSA) is 67.2 Å². The number of fused-ring (bicyclic) bond motifs is 1. The highest BCUT2D eigenvalue weighted by atomic mass is 16.2. The molecule has 152 valence electrons. The van der Waals surface area contributed by atoms with Crippen molar-refractivity contribution in [1.82, 2.24) is 29.8 Å². The third kappa shape index (κ3) is 4.29. The number of carbonyl (C=O) groups is 1. The van der Waals surface area contributed by atoms with E-state index in [9.17, 15) is 4.79 Å². The third-order valence-electron chi connectivity index (χ3n) is 5.71.